The van der Waals surface area contributed by atoms with E-state index in [1.165, 1.54) is 0 Å². The van der Waals surface area contributed by atoms with Gasteiger partial charge in [-0.15, -0.1) is 0 Å². The Morgan fingerprint density at radius 3 is 1.82 bits per heavy atom. The molecule has 0 radical (unpaired) electrons. The highest BCUT2D eigenvalue weighted by atomic mass is 16.5. The third kappa shape index (κ3) is 5.18. The van der Waals surface area contributed by atoms with Crippen LogP contribution in [0.3, 0.4) is 0 Å². The number of hydrogen-bond donors (Lipinski definition) is 1. The van der Waals surface area contributed by atoms with Gasteiger partial charge in [-0.3, -0.25) is 4.79 Å². The van der Waals surface area contributed by atoms with Crippen LogP contribution in [0.25, 0.3) is 0 Å². The Hall–Kier alpha value is -4.91. The summed E-state index contributed by atoms with van der Waals surface area (Å²) < 4.78 is 17.4. The van der Waals surface area contributed by atoms with E-state index >= 15 is 0 Å². The molecule has 4 aromatic carbocycles. The third-order valence-corrected chi connectivity index (χ3v) is 6.98. The predicted octanol–water partition coefficient (Wildman–Crippen LogP) is 6.77. The lowest BCUT2D eigenvalue weighted by atomic mass is 9.91. The number of ketones is 1. The van der Waals surface area contributed by atoms with Crippen molar-refractivity contribution in [2.24, 2.45) is 0 Å². The van der Waals surface area contributed by atoms with Crippen LogP contribution in [-0.2, 0) is 0 Å². The van der Waals surface area contributed by atoms with Crippen LogP contribution in [0.4, 0.5) is 0 Å². The van der Waals surface area contributed by atoms with E-state index in [2.05, 4.69) is 0 Å². The van der Waals surface area contributed by atoms with Crippen molar-refractivity contribution < 1.29 is 33.7 Å². The molecule has 0 spiro atoms. The number of phenolic OH excluding ortho intramolecular Hbond substituents is 1. The number of esters is 2. The van der Waals surface area contributed by atoms with Gasteiger partial charge in [-0.05, 0) is 69.7 Å². The van der Waals surface area contributed by atoms with Crippen molar-refractivity contribution in [3.63, 3.8) is 0 Å². The highest BCUT2D eigenvalue weighted by molar-refractivity contribution is 6.04. The summed E-state index contributed by atoms with van der Waals surface area (Å²) in [5.74, 6) is -0.943. The summed E-state index contributed by atoms with van der Waals surface area (Å²) in [6, 6.07) is 20.8. The topological polar surface area (TPSA) is 99.1 Å². The van der Waals surface area contributed by atoms with E-state index in [-0.39, 0.29) is 40.6 Å². The molecule has 5 rings (SSSR count). The molecule has 7 heteroatoms. The fraction of sp³-hybridized carbons (Fsp3) is 0.182. The van der Waals surface area contributed by atoms with Crippen molar-refractivity contribution in [3.05, 3.63) is 117 Å². The Morgan fingerprint density at radius 2 is 1.27 bits per heavy atom. The Balaban J connectivity index is 1.38. The zero-order chi connectivity index (χ0) is 28.6. The average molecular weight is 537 g/mol. The fourth-order valence-electron chi connectivity index (χ4n) is 4.62. The number of ether oxygens (including phenoxy) is 3. The molecular weight excluding hydrogens is 508 g/mol. The molecule has 0 saturated carbocycles. The molecule has 4 aromatic rings. The molecule has 1 aliphatic rings. The van der Waals surface area contributed by atoms with Gasteiger partial charge in [0.2, 0.25) is 0 Å². The monoisotopic (exact) mass is 536 g/mol. The second-order valence-electron chi connectivity index (χ2n) is 9.95. The van der Waals surface area contributed by atoms with Gasteiger partial charge in [0.25, 0.3) is 0 Å². The summed E-state index contributed by atoms with van der Waals surface area (Å²) in [6.07, 6.45) is -0.645. The van der Waals surface area contributed by atoms with Crippen LogP contribution in [0.5, 0.6) is 23.0 Å². The molecule has 0 unspecified atom stereocenters. The van der Waals surface area contributed by atoms with Crippen LogP contribution < -0.4 is 14.2 Å². The SMILES string of the molecule is Cc1ccc(C(=O)Oc2ccc([C@@H]3CC(=O)c4c(O)c(C)c(OC(=O)c5ccc(C)cc5)c(C)c4O3)cc2)cc1. The van der Waals surface area contributed by atoms with E-state index in [4.69, 9.17) is 14.2 Å². The first kappa shape index (κ1) is 26.7. The molecule has 1 aliphatic heterocycles. The van der Waals surface area contributed by atoms with Gasteiger partial charge in [0.1, 0.15) is 34.7 Å². The van der Waals surface area contributed by atoms with Crippen molar-refractivity contribution in [2.45, 2.75) is 40.2 Å². The minimum atomic E-state index is -0.650. The molecule has 202 valence electrons. The molecular formula is C33H28O7. The van der Waals surface area contributed by atoms with Gasteiger partial charge in [0, 0.05) is 11.1 Å². The van der Waals surface area contributed by atoms with E-state index in [0.717, 1.165) is 11.1 Å². The second kappa shape index (κ2) is 10.7. The number of phenols is 1. The first-order valence-electron chi connectivity index (χ1n) is 12.9. The number of aromatic hydroxyl groups is 1. The van der Waals surface area contributed by atoms with Gasteiger partial charge >= 0.3 is 11.9 Å². The maximum Gasteiger partial charge on any atom is 0.343 e. The van der Waals surface area contributed by atoms with Crippen LogP contribution in [0.2, 0.25) is 0 Å². The fourth-order valence-corrected chi connectivity index (χ4v) is 4.62. The minimum Gasteiger partial charge on any atom is -0.507 e. The lowest BCUT2D eigenvalue weighted by Crippen LogP contribution is -2.22. The molecule has 1 heterocycles. The summed E-state index contributed by atoms with van der Waals surface area (Å²) in [7, 11) is 0. The van der Waals surface area contributed by atoms with E-state index in [1.807, 2.05) is 38.1 Å². The highest BCUT2D eigenvalue weighted by Gasteiger charge is 2.35. The first-order valence-corrected chi connectivity index (χ1v) is 12.9. The van der Waals surface area contributed by atoms with E-state index in [1.54, 1.807) is 62.4 Å². The maximum absolute atomic E-state index is 13.2. The number of aryl methyl sites for hydroxylation is 2. The molecule has 1 atom stereocenters. The van der Waals surface area contributed by atoms with Crippen molar-refractivity contribution >= 4 is 17.7 Å². The van der Waals surface area contributed by atoms with Crippen LogP contribution in [0, 0.1) is 27.7 Å². The van der Waals surface area contributed by atoms with Gasteiger partial charge < -0.3 is 19.3 Å². The Labute approximate surface area is 232 Å². The molecule has 1 N–H and O–H groups in total. The van der Waals surface area contributed by atoms with Gasteiger partial charge in [-0.25, -0.2) is 9.59 Å². The number of benzene rings is 4. The zero-order valence-electron chi connectivity index (χ0n) is 22.6. The Bertz CT molecular complexity index is 1620. The Kier molecular flexibility index (Phi) is 7.13. The Morgan fingerprint density at radius 1 is 0.750 bits per heavy atom. The molecule has 0 bridgehead atoms. The van der Waals surface area contributed by atoms with Crippen molar-refractivity contribution in [1.29, 1.82) is 0 Å². The minimum absolute atomic E-state index is 0.00441. The van der Waals surface area contributed by atoms with Crippen LogP contribution >= 0.6 is 0 Å². The number of rotatable bonds is 5. The van der Waals surface area contributed by atoms with Crippen molar-refractivity contribution in [1.82, 2.24) is 0 Å². The quantitative estimate of drug-likeness (QED) is 0.222. The van der Waals surface area contributed by atoms with Crippen molar-refractivity contribution in [2.75, 3.05) is 0 Å². The molecule has 0 saturated heterocycles. The van der Waals surface area contributed by atoms with Crippen LogP contribution in [0.15, 0.2) is 72.8 Å². The molecule has 0 amide bonds. The number of carbonyl (C=O) groups excluding carboxylic acids is 3. The molecule has 40 heavy (non-hydrogen) atoms. The molecule has 0 aliphatic carbocycles. The molecule has 0 aromatic heterocycles. The second-order valence-corrected chi connectivity index (χ2v) is 9.95. The van der Waals surface area contributed by atoms with E-state index < -0.39 is 18.0 Å². The van der Waals surface area contributed by atoms with E-state index in [0.29, 0.717) is 28.0 Å². The largest absolute Gasteiger partial charge is 0.507 e. The summed E-state index contributed by atoms with van der Waals surface area (Å²) in [5.41, 5.74) is 4.33. The van der Waals surface area contributed by atoms with Crippen LogP contribution in [0.1, 0.15) is 71.4 Å². The van der Waals surface area contributed by atoms with Gasteiger partial charge in [-0.2, -0.15) is 0 Å². The lowest BCUT2D eigenvalue weighted by Gasteiger charge is -2.29. The number of carbonyl (C=O) groups is 3. The van der Waals surface area contributed by atoms with Crippen LogP contribution in [-0.4, -0.2) is 22.8 Å². The smallest absolute Gasteiger partial charge is 0.343 e. The average Bonchev–Trinajstić information content (AvgIpc) is 2.94. The highest BCUT2D eigenvalue weighted by Crippen LogP contribution is 2.48. The van der Waals surface area contributed by atoms with Gasteiger partial charge in [0.15, 0.2) is 5.78 Å². The first-order chi connectivity index (χ1) is 19.1. The van der Waals surface area contributed by atoms with E-state index in [9.17, 15) is 19.5 Å². The molecule has 0 fully saturated rings. The standard InChI is InChI=1S/C33H28O7/c1-18-5-9-23(10-6-18)32(36)38-25-15-13-22(14-16-25)27-17-26(34)28-29(35)20(3)30(21(4)31(28)39-27)40-33(37)24-11-7-19(2)8-12-24/h5-16,27,35H,17H2,1-4H3/t27-/m0/s1. The summed E-state index contributed by atoms with van der Waals surface area (Å²) in [6.45, 7) is 7.14. The predicted molar refractivity (Wildman–Crippen MR) is 149 cm³/mol. The summed E-state index contributed by atoms with van der Waals surface area (Å²) in [4.78, 5) is 38.4. The van der Waals surface area contributed by atoms with Gasteiger partial charge in [-0.1, -0.05) is 47.5 Å². The maximum atomic E-state index is 13.2. The third-order valence-electron chi connectivity index (χ3n) is 6.98. The summed E-state index contributed by atoms with van der Waals surface area (Å²) in [5, 5.41) is 10.9. The lowest BCUT2D eigenvalue weighted by molar-refractivity contribution is 0.0722. The summed E-state index contributed by atoms with van der Waals surface area (Å²) >= 11 is 0. The molecule has 7 nitrogen and oxygen atoms in total. The van der Waals surface area contributed by atoms with Crippen molar-refractivity contribution in [3.8, 4) is 23.0 Å². The normalized spacial score (nSPS) is 14.2. The zero-order valence-corrected chi connectivity index (χ0v) is 22.6. The van der Waals surface area contributed by atoms with Gasteiger partial charge in [0.05, 0.1) is 17.5 Å². The number of Topliss-reactive ketones (excluding diaryl/α,β-unsaturated/α-hetero) is 1. The number of hydrogen-bond acceptors (Lipinski definition) is 7. The number of fused-ring (bicyclic) bond motifs is 1.